The van der Waals surface area contributed by atoms with Crippen LogP contribution in [0.5, 0.6) is 5.75 Å². The van der Waals surface area contributed by atoms with Gasteiger partial charge < -0.3 is 14.5 Å². The highest BCUT2D eigenvalue weighted by atomic mass is 19.4. The van der Waals surface area contributed by atoms with Gasteiger partial charge in [0.25, 0.3) is 0 Å². The van der Waals surface area contributed by atoms with Crippen LogP contribution >= 0.6 is 0 Å². The minimum atomic E-state index is -4.44. The molecule has 1 N–H and O–H groups in total. The molecule has 0 aliphatic rings. The zero-order valence-corrected chi connectivity index (χ0v) is 10.6. The third kappa shape index (κ3) is 3.30. The topological polar surface area (TPSA) is 51.3 Å². The molecule has 0 unspecified atom stereocenters. The average Bonchev–Trinajstić information content (AvgIpc) is 2.36. The molecule has 1 heterocycles. The van der Waals surface area contributed by atoms with Gasteiger partial charge in [0.1, 0.15) is 5.75 Å². The van der Waals surface area contributed by atoms with Gasteiger partial charge in [-0.25, -0.2) is 0 Å². The fourth-order valence-corrected chi connectivity index (χ4v) is 1.81. The first-order valence-corrected chi connectivity index (χ1v) is 5.74. The Bertz CT molecular complexity index is 664. The molecule has 0 atom stereocenters. The van der Waals surface area contributed by atoms with Crippen LogP contribution in [0.4, 0.5) is 13.2 Å². The van der Waals surface area contributed by atoms with Crippen LogP contribution in [0.3, 0.4) is 0 Å². The van der Waals surface area contributed by atoms with E-state index in [-0.39, 0.29) is 28.7 Å². The van der Waals surface area contributed by atoms with Gasteiger partial charge in [0, 0.05) is 24.3 Å². The predicted octanol–water partition coefficient (Wildman–Crippen LogP) is 2.62. The van der Waals surface area contributed by atoms with Crippen molar-refractivity contribution in [1.82, 2.24) is 4.98 Å². The molecule has 1 aromatic carbocycles. The molecule has 0 spiro atoms. The molecule has 7 heteroatoms. The van der Waals surface area contributed by atoms with E-state index in [1.807, 2.05) is 0 Å². The summed E-state index contributed by atoms with van der Waals surface area (Å²) in [5.74, 6) is -0.0186. The fourth-order valence-electron chi connectivity index (χ4n) is 1.81. The monoisotopic (exact) mass is 287 g/mol. The molecular weight excluding hydrogens is 275 g/mol. The van der Waals surface area contributed by atoms with Crippen molar-refractivity contribution in [2.75, 3.05) is 13.7 Å². The van der Waals surface area contributed by atoms with Crippen molar-refractivity contribution in [2.24, 2.45) is 0 Å². The lowest BCUT2D eigenvalue weighted by Crippen LogP contribution is -2.19. The Labute approximate surface area is 112 Å². The predicted molar refractivity (Wildman–Crippen MR) is 66.8 cm³/mol. The molecular formula is C13H12F3NO3. The van der Waals surface area contributed by atoms with Crippen LogP contribution in [-0.4, -0.2) is 24.9 Å². The van der Waals surface area contributed by atoms with Gasteiger partial charge in [-0.15, -0.1) is 0 Å². The molecule has 20 heavy (non-hydrogen) atoms. The van der Waals surface area contributed by atoms with Crippen molar-refractivity contribution >= 4 is 10.9 Å². The first kappa shape index (κ1) is 14.4. The van der Waals surface area contributed by atoms with Gasteiger partial charge in [0.15, 0.2) is 12.0 Å². The van der Waals surface area contributed by atoms with Gasteiger partial charge in [-0.2, -0.15) is 13.2 Å². The third-order valence-electron chi connectivity index (χ3n) is 2.57. The summed E-state index contributed by atoms with van der Waals surface area (Å²) < 4.78 is 46.2. The summed E-state index contributed by atoms with van der Waals surface area (Å²) in [5, 5.41) is 0.268. The Hall–Kier alpha value is -2.02. The van der Waals surface area contributed by atoms with E-state index in [9.17, 15) is 18.0 Å². The molecule has 0 saturated heterocycles. The smallest absolute Gasteiger partial charge is 0.422 e. The maximum atomic E-state index is 12.2. The van der Waals surface area contributed by atoms with E-state index < -0.39 is 12.8 Å². The molecule has 2 aromatic rings. The van der Waals surface area contributed by atoms with E-state index in [2.05, 4.69) is 4.98 Å². The maximum absolute atomic E-state index is 12.2. The second-order valence-electron chi connectivity index (χ2n) is 4.17. The van der Waals surface area contributed by atoms with Crippen LogP contribution in [0.15, 0.2) is 29.1 Å². The number of rotatable bonds is 4. The number of methoxy groups -OCH3 is 1. The minimum absolute atomic E-state index is 0.0186. The molecule has 0 bridgehead atoms. The van der Waals surface area contributed by atoms with Crippen molar-refractivity contribution in [1.29, 1.82) is 0 Å². The Balaban J connectivity index is 2.46. The number of fused-ring (bicyclic) bond motifs is 1. The van der Waals surface area contributed by atoms with E-state index in [1.165, 1.54) is 31.4 Å². The number of aromatic amines is 1. The van der Waals surface area contributed by atoms with Crippen LogP contribution in [-0.2, 0) is 11.3 Å². The molecule has 4 nitrogen and oxygen atoms in total. The number of hydrogen-bond donors (Lipinski definition) is 1. The van der Waals surface area contributed by atoms with E-state index in [0.717, 1.165) is 0 Å². The summed E-state index contributed by atoms with van der Waals surface area (Å²) >= 11 is 0. The second kappa shape index (κ2) is 5.54. The number of H-pyrrole nitrogens is 1. The number of halogens is 3. The van der Waals surface area contributed by atoms with Crippen molar-refractivity contribution in [3.05, 3.63) is 40.2 Å². The van der Waals surface area contributed by atoms with Gasteiger partial charge in [-0.1, -0.05) is 6.07 Å². The number of alkyl halides is 3. The van der Waals surface area contributed by atoms with Crippen LogP contribution in [0, 0.1) is 0 Å². The number of pyridine rings is 1. The Morgan fingerprint density at radius 1 is 1.30 bits per heavy atom. The van der Waals surface area contributed by atoms with Crippen LogP contribution < -0.4 is 10.2 Å². The van der Waals surface area contributed by atoms with Gasteiger partial charge in [0.2, 0.25) is 0 Å². The number of nitrogens with one attached hydrogen (secondary N) is 1. The van der Waals surface area contributed by atoms with Crippen LogP contribution in [0.1, 0.15) is 5.69 Å². The summed E-state index contributed by atoms with van der Waals surface area (Å²) in [4.78, 5) is 14.7. The molecule has 0 amide bonds. The molecule has 0 aliphatic heterocycles. The lowest BCUT2D eigenvalue weighted by Gasteiger charge is -2.12. The summed E-state index contributed by atoms with van der Waals surface area (Å²) in [7, 11) is 1.45. The lowest BCUT2D eigenvalue weighted by atomic mass is 10.2. The van der Waals surface area contributed by atoms with E-state index in [1.54, 1.807) is 0 Å². The SMILES string of the molecule is COCc1cc(=O)c2cccc(OCC(F)(F)F)c2[nH]1. The molecule has 2 rings (SSSR count). The number of aromatic nitrogens is 1. The molecule has 1 aromatic heterocycles. The Kier molecular flexibility index (Phi) is 3.99. The first-order chi connectivity index (χ1) is 9.40. The highest BCUT2D eigenvalue weighted by Gasteiger charge is 2.28. The number of para-hydroxylation sites is 1. The Morgan fingerprint density at radius 3 is 2.70 bits per heavy atom. The quantitative estimate of drug-likeness (QED) is 0.940. The summed E-state index contributed by atoms with van der Waals surface area (Å²) in [6, 6.07) is 5.71. The molecule has 0 radical (unpaired) electrons. The normalized spacial score (nSPS) is 11.8. The molecule has 0 aliphatic carbocycles. The summed E-state index contributed by atoms with van der Waals surface area (Å²) in [5.41, 5.74) is 0.396. The Morgan fingerprint density at radius 2 is 2.05 bits per heavy atom. The largest absolute Gasteiger partial charge is 0.482 e. The maximum Gasteiger partial charge on any atom is 0.422 e. The summed E-state index contributed by atoms with van der Waals surface area (Å²) in [6.45, 7) is -1.26. The molecule has 108 valence electrons. The zero-order valence-electron chi connectivity index (χ0n) is 10.6. The highest BCUT2D eigenvalue weighted by Crippen LogP contribution is 2.24. The fraction of sp³-hybridized carbons (Fsp3) is 0.308. The number of benzene rings is 1. The van der Waals surface area contributed by atoms with E-state index in [4.69, 9.17) is 9.47 Å². The highest BCUT2D eigenvalue weighted by molar-refractivity contribution is 5.84. The second-order valence-corrected chi connectivity index (χ2v) is 4.17. The van der Waals surface area contributed by atoms with Gasteiger partial charge >= 0.3 is 6.18 Å². The van der Waals surface area contributed by atoms with E-state index >= 15 is 0 Å². The van der Waals surface area contributed by atoms with Crippen LogP contribution in [0.2, 0.25) is 0 Å². The standard InChI is InChI=1S/C13H12F3NO3/c1-19-6-8-5-10(18)9-3-2-4-11(12(9)17-8)20-7-13(14,15)16/h2-5H,6-7H2,1H3,(H,17,18). The van der Waals surface area contributed by atoms with Crippen molar-refractivity contribution in [3.8, 4) is 5.75 Å². The summed E-state index contributed by atoms with van der Waals surface area (Å²) in [6.07, 6.45) is -4.44. The van der Waals surface area contributed by atoms with Gasteiger partial charge in [-0.3, -0.25) is 4.79 Å². The minimum Gasteiger partial charge on any atom is -0.482 e. The lowest BCUT2D eigenvalue weighted by molar-refractivity contribution is -0.153. The molecule has 0 saturated carbocycles. The van der Waals surface area contributed by atoms with Crippen LogP contribution in [0.25, 0.3) is 10.9 Å². The average molecular weight is 287 g/mol. The van der Waals surface area contributed by atoms with Crippen molar-refractivity contribution in [3.63, 3.8) is 0 Å². The van der Waals surface area contributed by atoms with Crippen molar-refractivity contribution < 1.29 is 22.6 Å². The van der Waals surface area contributed by atoms with Crippen molar-refractivity contribution in [2.45, 2.75) is 12.8 Å². The number of hydrogen-bond acceptors (Lipinski definition) is 3. The first-order valence-electron chi connectivity index (χ1n) is 5.74. The third-order valence-corrected chi connectivity index (χ3v) is 2.57. The van der Waals surface area contributed by atoms with E-state index in [0.29, 0.717) is 5.69 Å². The molecule has 0 fully saturated rings. The van der Waals surface area contributed by atoms with Gasteiger partial charge in [-0.05, 0) is 12.1 Å². The zero-order chi connectivity index (χ0) is 14.8. The van der Waals surface area contributed by atoms with Gasteiger partial charge in [0.05, 0.1) is 12.1 Å². The number of ether oxygens (including phenoxy) is 2.